The van der Waals surface area contributed by atoms with Gasteiger partial charge >= 0.3 is 5.97 Å². The summed E-state index contributed by atoms with van der Waals surface area (Å²) in [6, 6.07) is 4.91. The first-order valence-corrected chi connectivity index (χ1v) is 5.87. The molecular weight excluding hydrogens is 272 g/mol. The molecule has 4 heteroatoms. The Morgan fingerprint density at radius 2 is 2.12 bits per heavy atom. The van der Waals surface area contributed by atoms with E-state index in [4.69, 9.17) is 9.84 Å². The summed E-state index contributed by atoms with van der Waals surface area (Å²) >= 11 is 3.30. The molecule has 0 amide bonds. The fraction of sp³-hybridized carbons (Fsp3) is 0.417. The molecule has 0 saturated heterocycles. The average molecular weight is 287 g/mol. The number of carboxylic acid groups (broad SMARTS) is 1. The SMILES string of the molecule is CCC(C)(C)Oc1cc(Br)ccc1C(=O)O. The molecule has 0 unspecified atom stereocenters. The first-order valence-electron chi connectivity index (χ1n) is 5.07. The predicted octanol–water partition coefficient (Wildman–Crippen LogP) is 3.71. The third-order valence-corrected chi connectivity index (χ3v) is 2.91. The molecule has 1 N–H and O–H groups in total. The van der Waals surface area contributed by atoms with Crippen molar-refractivity contribution in [1.29, 1.82) is 0 Å². The van der Waals surface area contributed by atoms with Gasteiger partial charge in [0.2, 0.25) is 0 Å². The van der Waals surface area contributed by atoms with E-state index in [1.165, 1.54) is 6.07 Å². The molecule has 0 aliphatic rings. The van der Waals surface area contributed by atoms with Gasteiger partial charge in [-0.2, -0.15) is 0 Å². The maximum Gasteiger partial charge on any atom is 0.339 e. The first kappa shape index (κ1) is 13.0. The van der Waals surface area contributed by atoms with Gasteiger partial charge in [0, 0.05) is 4.47 Å². The fourth-order valence-electron chi connectivity index (χ4n) is 1.13. The molecule has 0 aliphatic carbocycles. The van der Waals surface area contributed by atoms with Gasteiger partial charge in [-0.05, 0) is 38.5 Å². The van der Waals surface area contributed by atoms with Gasteiger partial charge in [0.05, 0.1) is 0 Å². The van der Waals surface area contributed by atoms with Gasteiger partial charge in [0.15, 0.2) is 0 Å². The van der Waals surface area contributed by atoms with Crippen LogP contribution in [0.2, 0.25) is 0 Å². The Morgan fingerprint density at radius 3 is 2.62 bits per heavy atom. The van der Waals surface area contributed by atoms with Gasteiger partial charge in [-0.15, -0.1) is 0 Å². The molecule has 0 radical (unpaired) electrons. The number of carboxylic acids is 1. The summed E-state index contributed by atoms with van der Waals surface area (Å²) in [5, 5.41) is 9.03. The number of halogens is 1. The number of aromatic carboxylic acids is 1. The maximum absolute atomic E-state index is 11.0. The molecule has 0 atom stereocenters. The predicted molar refractivity (Wildman–Crippen MR) is 66.1 cm³/mol. The number of hydrogen-bond acceptors (Lipinski definition) is 2. The average Bonchev–Trinajstić information content (AvgIpc) is 2.16. The minimum atomic E-state index is -0.977. The molecule has 1 aromatic carbocycles. The summed E-state index contributed by atoms with van der Waals surface area (Å²) in [6.07, 6.45) is 0.804. The minimum absolute atomic E-state index is 0.185. The highest BCUT2D eigenvalue weighted by Gasteiger charge is 2.21. The van der Waals surface area contributed by atoms with Gasteiger partial charge in [0.25, 0.3) is 0 Å². The molecule has 0 spiro atoms. The molecule has 88 valence electrons. The molecule has 1 aromatic rings. The number of rotatable bonds is 4. The standard InChI is InChI=1S/C12H15BrO3/c1-4-12(2,3)16-10-7-8(13)5-6-9(10)11(14)15/h5-7H,4H2,1-3H3,(H,14,15). The van der Waals surface area contributed by atoms with E-state index in [2.05, 4.69) is 15.9 Å². The molecule has 0 fully saturated rings. The lowest BCUT2D eigenvalue weighted by atomic mass is 10.1. The highest BCUT2D eigenvalue weighted by atomic mass is 79.9. The van der Waals surface area contributed by atoms with E-state index in [0.717, 1.165) is 10.9 Å². The second kappa shape index (κ2) is 4.87. The Morgan fingerprint density at radius 1 is 1.50 bits per heavy atom. The van der Waals surface area contributed by atoms with E-state index in [0.29, 0.717) is 5.75 Å². The highest BCUT2D eigenvalue weighted by Crippen LogP contribution is 2.28. The van der Waals surface area contributed by atoms with Crippen molar-refractivity contribution in [3.63, 3.8) is 0 Å². The zero-order chi connectivity index (χ0) is 12.3. The van der Waals surface area contributed by atoms with Crippen molar-refractivity contribution in [2.45, 2.75) is 32.8 Å². The van der Waals surface area contributed by atoms with Crippen molar-refractivity contribution in [2.24, 2.45) is 0 Å². The molecule has 0 saturated carbocycles. The van der Waals surface area contributed by atoms with E-state index in [9.17, 15) is 4.79 Å². The van der Waals surface area contributed by atoms with Crippen LogP contribution in [0.3, 0.4) is 0 Å². The normalized spacial score (nSPS) is 11.2. The number of hydrogen-bond donors (Lipinski definition) is 1. The second-order valence-electron chi connectivity index (χ2n) is 4.16. The zero-order valence-electron chi connectivity index (χ0n) is 9.58. The van der Waals surface area contributed by atoms with Crippen LogP contribution < -0.4 is 4.74 Å². The monoisotopic (exact) mass is 286 g/mol. The van der Waals surface area contributed by atoms with Crippen LogP contribution in [-0.4, -0.2) is 16.7 Å². The van der Waals surface area contributed by atoms with Gasteiger partial charge in [0.1, 0.15) is 16.9 Å². The smallest absolute Gasteiger partial charge is 0.339 e. The second-order valence-corrected chi connectivity index (χ2v) is 5.08. The van der Waals surface area contributed by atoms with Crippen LogP contribution in [-0.2, 0) is 0 Å². The lowest BCUT2D eigenvalue weighted by Gasteiger charge is -2.25. The van der Waals surface area contributed by atoms with E-state index in [1.807, 2.05) is 20.8 Å². The molecule has 3 nitrogen and oxygen atoms in total. The van der Waals surface area contributed by atoms with Crippen LogP contribution in [0, 0.1) is 0 Å². The van der Waals surface area contributed by atoms with Crippen LogP contribution in [0.4, 0.5) is 0 Å². The molecule has 1 rings (SSSR count). The Kier molecular flexibility index (Phi) is 3.97. The van der Waals surface area contributed by atoms with Crippen molar-refractivity contribution in [2.75, 3.05) is 0 Å². The number of ether oxygens (including phenoxy) is 1. The third kappa shape index (κ3) is 3.23. The summed E-state index contributed by atoms with van der Waals surface area (Å²) in [5.41, 5.74) is -0.185. The Labute approximate surface area is 104 Å². The minimum Gasteiger partial charge on any atom is -0.487 e. The van der Waals surface area contributed by atoms with Crippen LogP contribution in [0.25, 0.3) is 0 Å². The van der Waals surface area contributed by atoms with Crippen LogP contribution in [0.5, 0.6) is 5.75 Å². The van der Waals surface area contributed by atoms with Gasteiger partial charge in [-0.25, -0.2) is 4.79 Å². The molecule has 0 aromatic heterocycles. The number of benzene rings is 1. The van der Waals surface area contributed by atoms with Crippen molar-refractivity contribution in [3.05, 3.63) is 28.2 Å². The Balaban J connectivity index is 3.10. The quantitative estimate of drug-likeness (QED) is 0.918. The fourth-order valence-corrected chi connectivity index (χ4v) is 1.47. The van der Waals surface area contributed by atoms with Gasteiger partial charge in [-0.1, -0.05) is 22.9 Å². The van der Waals surface area contributed by atoms with Crippen molar-refractivity contribution >= 4 is 21.9 Å². The summed E-state index contributed by atoms with van der Waals surface area (Å²) in [4.78, 5) is 11.0. The summed E-state index contributed by atoms with van der Waals surface area (Å²) in [7, 11) is 0. The first-order chi connectivity index (χ1) is 7.35. The Hall–Kier alpha value is -1.03. The Bertz CT molecular complexity index is 399. The van der Waals surface area contributed by atoms with Crippen LogP contribution >= 0.6 is 15.9 Å². The maximum atomic E-state index is 11.0. The van der Waals surface area contributed by atoms with Crippen LogP contribution in [0.1, 0.15) is 37.6 Å². The van der Waals surface area contributed by atoms with E-state index in [1.54, 1.807) is 12.1 Å². The van der Waals surface area contributed by atoms with Gasteiger partial charge < -0.3 is 9.84 Å². The lowest BCUT2D eigenvalue weighted by Crippen LogP contribution is -2.27. The summed E-state index contributed by atoms with van der Waals surface area (Å²) < 4.78 is 6.52. The molecule has 0 aliphatic heterocycles. The molecule has 0 bridgehead atoms. The van der Waals surface area contributed by atoms with Gasteiger partial charge in [-0.3, -0.25) is 0 Å². The van der Waals surface area contributed by atoms with Crippen molar-refractivity contribution in [1.82, 2.24) is 0 Å². The zero-order valence-corrected chi connectivity index (χ0v) is 11.2. The molecule has 16 heavy (non-hydrogen) atoms. The topological polar surface area (TPSA) is 46.5 Å². The summed E-state index contributed by atoms with van der Waals surface area (Å²) in [5.74, 6) is -0.580. The van der Waals surface area contributed by atoms with E-state index >= 15 is 0 Å². The highest BCUT2D eigenvalue weighted by molar-refractivity contribution is 9.10. The van der Waals surface area contributed by atoms with Crippen molar-refractivity contribution in [3.8, 4) is 5.75 Å². The van der Waals surface area contributed by atoms with Crippen molar-refractivity contribution < 1.29 is 14.6 Å². The van der Waals surface area contributed by atoms with E-state index in [-0.39, 0.29) is 11.2 Å². The van der Waals surface area contributed by atoms with E-state index < -0.39 is 5.97 Å². The largest absolute Gasteiger partial charge is 0.487 e. The third-order valence-electron chi connectivity index (χ3n) is 2.41. The molecular formula is C12H15BrO3. The van der Waals surface area contributed by atoms with Crippen LogP contribution in [0.15, 0.2) is 22.7 Å². The summed E-state index contributed by atoms with van der Waals surface area (Å²) in [6.45, 7) is 5.86. The molecule has 0 heterocycles. The number of carbonyl (C=O) groups is 1. The lowest BCUT2D eigenvalue weighted by molar-refractivity contribution is 0.0671.